The number of nitrogens with zero attached hydrogens (tertiary/aromatic N) is 1. The molecule has 0 radical (unpaired) electrons. The second kappa shape index (κ2) is 4.77. The third-order valence-electron chi connectivity index (χ3n) is 1.97. The van der Waals surface area contributed by atoms with Gasteiger partial charge in [0, 0.05) is 0 Å². The highest BCUT2D eigenvalue weighted by Crippen LogP contribution is 2.32. The van der Waals surface area contributed by atoms with Crippen LogP contribution in [0.3, 0.4) is 0 Å². The summed E-state index contributed by atoms with van der Waals surface area (Å²) >= 11 is 11.6. The Balaban J connectivity index is 2.37. The van der Waals surface area contributed by atoms with E-state index in [2.05, 4.69) is 4.98 Å². The van der Waals surface area contributed by atoms with Crippen molar-refractivity contribution in [2.45, 2.75) is 0 Å². The molecule has 0 atom stereocenters. The van der Waals surface area contributed by atoms with E-state index in [0.717, 1.165) is 0 Å². The predicted octanol–water partition coefficient (Wildman–Crippen LogP) is 3.90. The lowest BCUT2D eigenvalue weighted by molar-refractivity contribution is 0.428. The average molecular weight is 273 g/mol. The molecule has 0 fully saturated rings. The SMILES string of the molecule is Nc1nc(Oc2ccccc2F)c(Cl)cc1Cl. The van der Waals surface area contributed by atoms with Crippen molar-refractivity contribution in [3.05, 3.63) is 46.2 Å². The maximum absolute atomic E-state index is 13.3. The van der Waals surface area contributed by atoms with Crippen LogP contribution in [-0.2, 0) is 0 Å². The highest BCUT2D eigenvalue weighted by atomic mass is 35.5. The van der Waals surface area contributed by atoms with Crippen LogP contribution in [-0.4, -0.2) is 4.98 Å². The fourth-order valence-corrected chi connectivity index (χ4v) is 1.56. The Labute approximate surface area is 107 Å². The number of para-hydroxylation sites is 1. The number of nitrogen functional groups attached to an aromatic ring is 1. The van der Waals surface area contributed by atoms with Crippen molar-refractivity contribution < 1.29 is 9.13 Å². The van der Waals surface area contributed by atoms with Gasteiger partial charge in [0.1, 0.15) is 10.8 Å². The molecular formula is C11H7Cl2FN2O. The Bertz CT molecular complexity index is 563. The smallest absolute Gasteiger partial charge is 0.240 e. The van der Waals surface area contributed by atoms with Gasteiger partial charge in [0.05, 0.1) is 5.02 Å². The van der Waals surface area contributed by atoms with Crippen LogP contribution in [0.25, 0.3) is 0 Å². The monoisotopic (exact) mass is 272 g/mol. The van der Waals surface area contributed by atoms with Crippen molar-refractivity contribution in [1.29, 1.82) is 0 Å². The number of hydrogen-bond donors (Lipinski definition) is 1. The molecule has 0 unspecified atom stereocenters. The third-order valence-corrected chi connectivity index (χ3v) is 2.54. The number of aromatic nitrogens is 1. The second-order valence-corrected chi connectivity index (χ2v) is 3.99. The Morgan fingerprint density at radius 1 is 1.18 bits per heavy atom. The van der Waals surface area contributed by atoms with E-state index < -0.39 is 5.82 Å². The summed E-state index contributed by atoms with van der Waals surface area (Å²) in [5.74, 6) is -0.413. The minimum absolute atomic E-state index is 0.0127. The molecule has 17 heavy (non-hydrogen) atoms. The minimum Gasteiger partial charge on any atom is -0.434 e. The van der Waals surface area contributed by atoms with Gasteiger partial charge in [-0.3, -0.25) is 0 Å². The maximum atomic E-state index is 13.3. The van der Waals surface area contributed by atoms with Crippen molar-refractivity contribution in [1.82, 2.24) is 4.98 Å². The summed E-state index contributed by atoms with van der Waals surface area (Å²) in [6, 6.07) is 7.29. The highest BCUT2D eigenvalue weighted by molar-refractivity contribution is 6.36. The summed E-state index contributed by atoms with van der Waals surface area (Å²) in [6.07, 6.45) is 0. The number of hydrogen-bond acceptors (Lipinski definition) is 3. The Kier molecular flexibility index (Phi) is 3.36. The lowest BCUT2D eigenvalue weighted by Crippen LogP contribution is -1.96. The molecule has 0 aliphatic carbocycles. The number of nitrogens with two attached hydrogens (primary N) is 1. The first-order valence-corrected chi connectivity index (χ1v) is 5.37. The van der Waals surface area contributed by atoms with Gasteiger partial charge in [0.15, 0.2) is 11.6 Å². The van der Waals surface area contributed by atoms with Crippen molar-refractivity contribution in [2.75, 3.05) is 5.73 Å². The summed E-state index contributed by atoms with van der Waals surface area (Å²) in [5.41, 5.74) is 5.51. The molecule has 1 aromatic heterocycles. The molecule has 2 rings (SSSR count). The number of rotatable bonds is 2. The van der Waals surface area contributed by atoms with Crippen molar-refractivity contribution in [3.8, 4) is 11.6 Å². The average Bonchev–Trinajstić information content (AvgIpc) is 2.29. The van der Waals surface area contributed by atoms with Gasteiger partial charge in [-0.05, 0) is 18.2 Å². The zero-order chi connectivity index (χ0) is 12.4. The third kappa shape index (κ3) is 2.60. The lowest BCUT2D eigenvalue weighted by atomic mass is 10.3. The summed E-state index contributed by atoms with van der Waals surface area (Å²) < 4.78 is 18.6. The van der Waals surface area contributed by atoms with E-state index in [1.54, 1.807) is 12.1 Å². The quantitative estimate of drug-likeness (QED) is 0.902. The Morgan fingerprint density at radius 2 is 1.88 bits per heavy atom. The molecule has 0 saturated heterocycles. The molecule has 6 heteroatoms. The molecular weight excluding hydrogens is 266 g/mol. The van der Waals surface area contributed by atoms with Gasteiger partial charge >= 0.3 is 0 Å². The van der Waals surface area contributed by atoms with Crippen molar-refractivity contribution in [2.24, 2.45) is 0 Å². The van der Waals surface area contributed by atoms with E-state index >= 15 is 0 Å². The molecule has 0 amide bonds. The minimum atomic E-state index is -0.515. The number of pyridine rings is 1. The van der Waals surface area contributed by atoms with E-state index in [9.17, 15) is 4.39 Å². The zero-order valence-corrected chi connectivity index (χ0v) is 9.97. The first kappa shape index (κ1) is 12.0. The van der Waals surface area contributed by atoms with Gasteiger partial charge in [-0.1, -0.05) is 35.3 Å². The molecule has 0 bridgehead atoms. The Hall–Kier alpha value is -1.52. The first-order chi connectivity index (χ1) is 8.08. The molecule has 2 N–H and O–H groups in total. The van der Waals surface area contributed by atoms with Crippen LogP contribution in [0.5, 0.6) is 11.6 Å². The number of anilines is 1. The zero-order valence-electron chi connectivity index (χ0n) is 8.45. The molecule has 0 saturated carbocycles. The van der Waals surface area contributed by atoms with Crippen LogP contribution >= 0.6 is 23.2 Å². The van der Waals surface area contributed by atoms with Crippen LogP contribution in [0, 0.1) is 5.82 Å². The fourth-order valence-electron chi connectivity index (χ4n) is 1.17. The van der Waals surface area contributed by atoms with Crippen molar-refractivity contribution >= 4 is 29.0 Å². The summed E-state index contributed by atoms with van der Waals surface area (Å²) in [6.45, 7) is 0. The van der Waals surface area contributed by atoms with Gasteiger partial charge in [-0.2, -0.15) is 4.98 Å². The maximum Gasteiger partial charge on any atom is 0.240 e. The number of halogens is 3. The van der Waals surface area contributed by atoms with E-state index in [0.29, 0.717) is 0 Å². The van der Waals surface area contributed by atoms with E-state index in [1.807, 2.05) is 0 Å². The van der Waals surface area contributed by atoms with Crippen LogP contribution in [0.2, 0.25) is 10.0 Å². The molecule has 88 valence electrons. The highest BCUT2D eigenvalue weighted by Gasteiger charge is 2.11. The van der Waals surface area contributed by atoms with Gasteiger partial charge in [-0.15, -0.1) is 0 Å². The van der Waals surface area contributed by atoms with Crippen molar-refractivity contribution in [3.63, 3.8) is 0 Å². The van der Waals surface area contributed by atoms with Gasteiger partial charge < -0.3 is 10.5 Å². The topological polar surface area (TPSA) is 48.1 Å². The molecule has 1 heterocycles. The van der Waals surface area contributed by atoms with Gasteiger partial charge in [0.25, 0.3) is 0 Å². The summed E-state index contributed by atoms with van der Waals surface area (Å²) in [5, 5.41) is 0.378. The normalized spacial score (nSPS) is 10.3. The molecule has 0 aliphatic rings. The number of benzene rings is 1. The second-order valence-electron chi connectivity index (χ2n) is 3.17. The first-order valence-electron chi connectivity index (χ1n) is 4.62. The van der Waals surface area contributed by atoms with Crippen LogP contribution < -0.4 is 10.5 Å². The van der Waals surface area contributed by atoms with Gasteiger partial charge in [-0.25, -0.2) is 4.39 Å². The predicted molar refractivity (Wildman–Crippen MR) is 65.1 cm³/mol. The van der Waals surface area contributed by atoms with Crippen LogP contribution in [0.4, 0.5) is 10.2 Å². The van der Waals surface area contributed by atoms with Gasteiger partial charge in [0.2, 0.25) is 5.88 Å². The molecule has 1 aromatic carbocycles. The lowest BCUT2D eigenvalue weighted by Gasteiger charge is -2.08. The van der Waals surface area contributed by atoms with Crippen LogP contribution in [0.1, 0.15) is 0 Å². The van der Waals surface area contributed by atoms with E-state index in [-0.39, 0.29) is 27.5 Å². The molecule has 0 aliphatic heterocycles. The van der Waals surface area contributed by atoms with Crippen LogP contribution in [0.15, 0.2) is 30.3 Å². The largest absolute Gasteiger partial charge is 0.434 e. The molecule has 0 spiro atoms. The number of ether oxygens (including phenoxy) is 1. The summed E-state index contributed by atoms with van der Waals surface area (Å²) in [7, 11) is 0. The Morgan fingerprint density at radius 3 is 2.59 bits per heavy atom. The van der Waals surface area contributed by atoms with E-state index in [4.69, 9.17) is 33.7 Å². The molecule has 2 aromatic rings. The fraction of sp³-hybridized carbons (Fsp3) is 0. The summed E-state index contributed by atoms with van der Waals surface area (Å²) in [4.78, 5) is 3.83. The standard InChI is InChI=1S/C11H7Cl2FN2O/c12-6-5-7(13)11(16-10(6)15)17-9-4-2-1-3-8(9)14/h1-5H,(H2,15,16). The molecule has 3 nitrogen and oxygen atoms in total. The van der Waals surface area contributed by atoms with E-state index in [1.165, 1.54) is 18.2 Å².